The third kappa shape index (κ3) is 8.45. The van der Waals surface area contributed by atoms with Crippen molar-refractivity contribution in [2.24, 2.45) is 0 Å². The maximum atomic E-state index is 4.08. The van der Waals surface area contributed by atoms with Crippen molar-refractivity contribution in [3.8, 4) is 34.1 Å². The summed E-state index contributed by atoms with van der Waals surface area (Å²) in [6, 6.07) is 47.9. The third-order valence-electron chi connectivity index (χ3n) is 6.45. The van der Waals surface area contributed by atoms with Crippen LogP contribution in [0, 0.1) is 24.8 Å². The van der Waals surface area contributed by atoms with Gasteiger partial charge >= 0.3 is 0 Å². The fourth-order valence-electron chi connectivity index (χ4n) is 4.24. The smallest absolute Gasteiger partial charge is 0.267 e. The van der Waals surface area contributed by atoms with E-state index in [4.69, 9.17) is 0 Å². The molecule has 46 heavy (non-hydrogen) atoms. The van der Waals surface area contributed by atoms with Crippen molar-refractivity contribution >= 4 is 0 Å². The molecule has 0 aliphatic carbocycles. The molecule has 0 aliphatic heterocycles. The predicted octanol–water partition coefficient (Wildman–Crippen LogP) is 5.20. The number of nitrogens with zero attached hydrogens (tertiary/aromatic N) is 8. The number of benzene rings is 4. The van der Waals surface area contributed by atoms with E-state index >= 15 is 0 Å². The molecule has 0 saturated heterocycles. The van der Waals surface area contributed by atoms with Crippen LogP contribution in [0.1, 0.15) is 0 Å². The zero-order valence-electron chi connectivity index (χ0n) is 24.5. The van der Waals surface area contributed by atoms with Gasteiger partial charge in [0.15, 0.2) is 0 Å². The maximum absolute atomic E-state index is 4.08. The third-order valence-corrected chi connectivity index (χ3v) is 6.45. The molecule has 8 nitrogen and oxygen atoms in total. The van der Waals surface area contributed by atoms with E-state index in [1.807, 2.05) is 146 Å². The number of hydrogen-bond acceptors (Lipinski definition) is 3. The van der Waals surface area contributed by atoms with Crippen molar-refractivity contribution in [1.82, 2.24) is 29.5 Å². The van der Waals surface area contributed by atoms with E-state index in [-0.39, 0.29) is 20.1 Å². The van der Waals surface area contributed by atoms with Gasteiger partial charge in [0.2, 0.25) is 0 Å². The second kappa shape index (κ2) is 16.4. The fourth-order valence-corrected chi connectivity index (χ4v) is 4.24. The Morgan fingerprint density at radius 2 is 1.11 bits per heavy atom. The summed E-state index contributed by atoms with van der Waals surface area (Å²) in [6.07, 6.45) is 17.7. The minimum Gasteiger partial charge on any atom is -0.358 e. The molecule has 0 bridgehead atoms. The number of aromatic nitrogens is 8. The molecule has 0 amide bonds. The second-order valence-corrected chi connectivity index (χ2v) is 9.48. The SMILES string of the molecule is [Ir].[c-]1ccccc1-n1[c-][n+](-c2ccccc2)cc1.[c-]1ccccc1-n1[c-][n+](-c2ccccc2)cc1.c1ccc(-c2cnn[n-]2)nc1. The van der Waals surface area contributed by atoms with E-state index in [9.17, 15) is 0 Å². The van der Waals surface area contributed by atoms with Crippen LogP contribution in [0.3, 0.4) is 0 Å². The van der Waals surface area contributed by atoms with Crippen molar-refractivity contribution in [2.45, 2.75) is 0 Å². The van der Waals surface area contributed by atoms with Gasteiger partial charge in [-0.2, -0.15) is 60.7 Å². The summed E-state index contributed by atoms with van der Waals surface area (Å²) in [4.78, 5) is 4.08. The molecule has 0 spiro atoms. The van der Waals surface area contributed by atoms with Crippen molar-refractivity contribution in [2.75, 3.05) is 0 Å². The van der Waals surface area contributed by atoms with Gasteiger partial charge in [-0.3, -0.25) is 19.3 Å². The Bertz CT molecular complexity index is 1760. The molecule has 227 valence electrons. The van der Waals surface area contributed by atoms with Crippen molar-refractivity contribution in [3.63, 3.8) is 0 Å². The summed E-state index contributed by atoms with van der Waals surface area (Å²) in [5, 5.41) is 10.8. The number of pyridine rings is 1. The quantitative estimate of drug-likeness (QED) is 0.178. The Balaban J connectivity index is 0.000000138. The van der Waals surface area contributed by atoms with Crippen molar-refractivity contribution in [3.05, 3.63) is 189 Å². The standard InChI is InChI=1S/2C15H11N2.C7H5N4.Ir/c2*1-3-7-14(8-4-1)16-11-12-17(13-16)15-9-5-2-6-10-15;1-2-4-8-6(3-1)7-5-9-11-10-7;/h2*1-9,11-12H;1-5H;/q3*-1;. The molecule has 4 heterocycles. The maximum Gasteiger partial charge on any atom is 0.267 e. The first-order valence-electron chi connectivity index (χ1n) is 14.2. The summed E-state index contributed by atoms with van der Waals surface area (Å²) in [7, 11) is 0. The number of rotatable bonds is 5. The van der Waals surface area contributed by atoms with Crippen LogP contribution in [-0.4, -0.2) is 24.4 Å². The van der Waals surface area contributed by atoms with Crippen LogP contribution in [-0.2, 0) is 20.1 Å². The van der Waals surface area contributed by atoms with E-state index in [1.54, 1.807) is 12.4 Å². The Hall–Kier alpha value is -5.76. The largest absolute Gasteiger partial charge is 0.358 e. The van der Waals surface area contributed by atoms with E-state index in [2.05, 4.69) is 69.4 Å². The second-order valence-electron chi connectivity index (χ2n) is 9.48. The average Bonchev–Trinajstić information content (AvgIpc) is 3.94. The molecular formula is C37H27IrN8-3. The molecule has 0 saturated carbocycles. The van der Waals surface area contributed by atoms with E-state index in [0.717, 1.165) is 28.4 Å². The minimum atomic E-state index is 0. The van der Waals surface area contributed by atoms with Gasteiger partial charge in [0.05, 0.1) is 17.1 Å². The summed E-state index contributed by atoms with van der Waals surface area (Å²) in [5.74, 6) is 0. The molecule has 0 fully saturated rings. The summed E-state index contributed by atoms with van der Waals surface area (Å²) in [5.41, 5.74) is 5.69. The molecule has 4 aromatic heterocycles. The van der Waals surface area contributed by atoms with Gasteiger partial charge < -0.3 is 19.3 Å². The number of para-hydroxylation sites is 4. The van der Waals surface area contributed by atoms with Gasteiger partial charge in [-0.15, -0.1) is 0 Å². The average molecular weight is 776 g/mol. The molecule has 0 unspecified atom stereocenters. The van der Waals surface area contributed by atoms with Crippen LogP contribution in [0.2, 0.25) is 0 Å². The van der Waals surface area contributed by atoms with Gasteiger partial charge in [0.1, 0.15) is 0 Å². The van der Waals surface area contributed by atoms with Crippen LogP contribution in [0.25, 0.3) is 34.1 Å². The molecule has 0 N–H and O–H groups in total. The first-order valence-corrected chi connectivity index (χ1v) is 14.2. The van der Waals surface area contributed by atoms with E-state index < -0.39 is 0 Å². The Morgan fingerprint density at radius 3 is 1.54 bits per heavy atom. The summed E-state index contributed by atoms with van der Waals surface area (Å²) in [6.45, 7) is 0. The van der Waals surface area contributed by atoms with Gasteiger partial charge in [0, 0.05) is 51.1 Å². The van der Waals surface area contributed by atoms with Crippen LogP contribution in [0.4, 0.5) is 0 Å². The van der Waals surface area contributed by atoms with Crippen LogP contribution < -0.4 is 14.2 Å². The van der Waals surface area contributed by atoms with Crippen LogP contribution in [0.5, 0.6) is 0 Å². The van der Waals surface area contributed by atoms with Gasteiger partial charge in [-0.25, -0.2) is 0 Å². The molecule has 0 atom stereocenters. The molecule has 8 aromatic rings. The molecule has 9 heteroatoms. The first kappa shape index (κ1) is 31.7. The molecular weight excluding hydrogens is 749 g/mol. The predicted molar refractivity (Wildman–Crippen MR) is 169 cm³/mol. The molecule has 0 aliphatic rings. The topological polar surface area (TPSA) is 70.4 Å². The minimum absolute atomic E-state index is 0. The number of imidazole rings is 2. The normalized spacial score (nSPS) is 10.0. The van der Waals surface area contributed by atoms with E-state index in [0.29, 0.717) is 5.69 Å². The van der Waals surface area contributed by atoms with Crippen LogP contribution in [0.15, 0.2) is 165 Å². The van der Waals surface area contributed by atoms with Gasteiger partial charge in [0.25, 0.3) is 12.7 Å². The monoisotopic (exact) mass is 776 g/mol. The molecule has 8 rings (SSSR count). The Kier molecular flexibility index (Phi) is 11.3. The molecule has 4 aromatic carbocycles. The molecule has 1 radical (unpaired) electrons. The van der Waals surface area contributed by atoms with Gasteiger partial charge in [-0.05, 0) is 53.5 Å². The zero-order valence-corrected chi connectivity index (χ0v) is 26.9. The Morgan fingerprint density at radius 1 is 0.587 bits per heavy atom. The van der Waals surface area contributed by atoms with Gasteiger partial charge in [-0.1, -0.05) is 48.7 Å². The van der Waals surface area contributed by atoms with Crippen molar-refractivity contribution < 1.29 is 29.2 Å². The Labute approximate surface area is 281 Å². The van der Waals surface area contributed by atoms with E-state index in [1.165, 1.54) is 0 Å². The van der Waals surface area contributed by atoms with Crippen LogP contribution >= 0.6 is 0 Å². The zero-order chi connectivity index (χ0) is 30.5. The van der Waals surface area contributed by atoms with Crippen molar-refractivity contribution in [1.29, 1.82) is 0 Å². The fraction of sp³-hybridized carbons (Fsp3) is 0. The number of hydrogen-bond donors (Lipinski definition) is 0. The first-order chi connectivity index (χ1) is 22.3. The summed E-state index contributed by atoms with van der Waals surface area (Å²) < 4.78 is 7.77. The summed E-state index contributed by atoms with van der Waals surface area (Å²) >= 11 is 0.